The standard InChI is InChI=1S/C12H18O3/c1-7(13)15-10-6-8-5-9(14)12(10,4)11(8,2)3/h8,10H,5-6H2,1-4H3/t8?,10-,12?/m1/s1. The highest BCUT2D eigenvalue weighted by molar-refractivity contribution is 5.90. The molecule has 3 atom stereocenters. The van der Waals surface area contributed by atoms with Gasteiger partial charge in [-0.05, 0) is 24.7 Å². The number of hydrogen-bond acceptors (Lipinski definition) is 3. The van der Waals surface area contributed by atoms with E-state index < -0.39 is 5.41 Å². The molecule has 2 unspecified atom stereocenters. The van der Waals surface area contributed by atoms with Crippen molar-refractivity contribution in [3.05, 3.63) is 0 Å². The summed E-state index contributed by atoms with van der Waals surface area (Å²) >= 11 is 0. The van der Waals surface area contributed by atoms with Crippen LogP contribution in [-0.2, 0) is 14.3 Å². The lowest BCUT2D eigenvalue weighted by atomic mass is 9.69. The first-order valence-electron chi connectivity index (χ1n) is 5.50. The molecule has 2 aliphatic rings. The topological polar surface area (TPSA) is 43.4 Å². The molecule has 0 saturated heterocycles. The Hall–Kier alpha value is -0.860. The van der Waals surface area contributed by atoms with Gasteiger partial charge in [-0.25, -0.2) is 0 Å². The van der Waals surface area contributed by atoms with Crippen molar-refractivity contribution in [3.63, 3.8) is 0 Å². The smallest absolute Gasteiger partial charge is 0.302 e. The summed E-state index contributed by atoms with van der Waals surface area (Å²) in [7, 11) is 0. The first-order valence-corrected chi connectivity index (χ1v) is 5.50. The van der Waals surface area contributed by atoms with Gasteiger partial charge in [-0.3, -0.25) is 9.59 Å². The van der Waals surface area contributed by atoms with Crippen molar-refractivity contribution < 1.29 is 14.3 Å². The quantitative estimate of drug-likeness (QED) is 0.621. The first-order chi connectivity index (χ1) is 6.80. The van der Waals surface area contributed by atoms with E-state index in [-0.39, 0.29) is 23.3 Å². The maximum absolute atomic E-state index is 12.0. The largest absolute Gasteiger partial charge is 0.461 e. The molecule has 3 nitrogen and oxygen atoms in total. The molecule has 84 valence electrons. The number of ether oxygens (including phenoxy) is 1. The van der Waals surface area contributed by atoms with Gasteiger partial charge in [0.15, 0.2) is 0 Å². The molecule has 0 spiro atoms. The minimum absolute atomic E-state index is 0.0375. The van der Waals surface area contributed by atoms with Gasteiger partial charge in [0.1, 0.15) is 11.9 Å². The van der Waals surface area contributed by atoms with Crippen LogP contribution in [0.2, 0.25) is 0 Å². The van der Waals surface area contributed by atoms with Crippen LogP contribution in [0.3, 0.4) is 0 Å². The van der Waals surface area contributed by atoms with E-state index in [1.165, 1.54) is 6.92 Å². The predicted octanol–water partition coefficient (Wildman–Crippen LogP) is 1.94. The predicted molar refractivity (Wildman–Crippen MR) is 55.2 cm³/mol. The molecule has 2 rings (SSSR count). The van der Waals surface area contributed by atoms with E-state index in [9.17, 15) is 9.59 Å². The molecule has 2 aliphatic carbocycles. The van der Waals surface area contributed by atoms with Crippen LogP contribution in [0, 0.1) is 16.7 Å². The Morgan fingerprint density at radius 3 is 2.40 bits per heavy atom. The number of rotatable bonds is 1. The molecule has 0 N–H and O–H groups in total. The summed E-state index contributed by atoms with van der Waals surface area (Å²) in [6, 6.07) is 0. The Kier molecular flexibility index (Phi) is 2.01. The van der Waals surface area contributed by atoms with Crippen LogP contribution in [0.25, 0.3) is 0 Å². The van der Waals surface area contributed by atoms with E-state index >= 15 is 0 Å². The molecule has 3 heteroatoms. The molecule has 0 amide bonds. The summed E-state index contributed by atoms with van der Waals surface area (Å²) in [5.74, 6) is 0.353. The van der Waals surface area contributed by atoms with Gasteiger partial charge in [0.25, 0.3) is 0 Å². The lowest BCUT2D eigenvalue weighted by Gasteiger charge is -2.36. The van der Waals surface area contributed by atoms with Crippen LogP contribution in [0.4, 0.5) is 0 Å². The molecule has 0 heterocycles. The van der Waals surface area contributed by atoms with Crippen molar-refractivity contribution in [1.29, 1.82) is 0 Å². The van der Waals surface area contributed by atoms with Crippen LogP contribution >= 0.6 is 0 Å². The minimum Gasteiger partial charge on any atom is -0.461 e. The fraction of sp³-hybridized carbons (Fsp3) is 0.833. The van der Waals surface area contributed by atoms with Crippen molar-refractivity contribution in [2.75, 3.05) is 0 Å². The molecule has 2 saturated carbocycles. The maximum atomic E-state index is 12.0. The van der Waals surface area contributed by atoms with E-state index in [1.807, 2.05) is 6.92 Å². The van der Waals surface area contributed by atoms with Gasteiger partial charge in [0.2, 0.25) is 0 Å². The van der Waals surface area contributed by atoms with E-state index in [0.717, 1.165) is 6.42 Å². The fourth-order valence-electron chi connectivity index (χ4n) is 3.31. The maximum Gasteiger partial charge on any atom is 0.302 e. The van der Waals surface area contributed by atoms with Gasteiger partial charge in [-0.15, -0.1) is 0 Å². The summed E-state index contributed by atoms with van der Waals surface area (Å²) < 4.78 is 5.29. The highest BCUT2D eigenvalue weighted by Crippen LogP contribution is 2.64. The lowest BCUT2D eigenvalue weighted by Crippen LogP contribution is -2.43. The lowest BCUT2D eigenvalue weighted by molar-refractivity contribution is -0.158. The zero-order valence-electron chi connectivity index (χ0n) is 9.79. The summed E-state index contributed by atoms with van der Waals surface area (Å²) in [4.78, 5) is 23.0. The Bertz CT molecular complexity index is 332. The summed E-state index contributed by atoms with van der Waals surface area (Å²) in [6.45, 7) is 7.60. The van der Waals surface area contributed by atoms with E-state index in [4.69, 9.17) is 4.74 Å². The zero-order chi connectivity index (χ0) is 11.4. The van der Waals surface area contributed by atoms with Crippen LogP contribution in [0.15, 0.2) is 0 Å². The van der Waals surface area contributed by atoms with Gasteiger partial charge in [0, 0.05) is 13.3 Å². The fourth-order valence-corrected chi connectivity index (χ4v) is 3.31. The number of carbonyl (C=O) groups excluding carboxylic acids is 2. The molecule has 2 fully saturated rings. The molecule has 2 bridgehead atoms. The summed E-state index contributed by atoms with van der Waals surface area (Å²) in [5, 5.41) is 0. The second-order valence-corrected chi connectivity index (χ2v) is 5.58. The average molecular weight is 210 g/mol. The second-order valence-electron chi connectivity index (χ2n) is 5.58. The van der Waals surface area contributed by atoms with Gasteiger partial charge in [-0.2, -0.15) is 0 Å². The van der Waals surface area contributed by atoms with Crippen LogP contribution < -0.4 is 0 Å². The van der Waals surface area contributed by atoms with Gasteiger partial charge < -0.3 is 4.74 Å². The number of fused-ring (bicyclic) bond motifs is 2. The first kappa shape index (κ1) is 10.7. The SMILES string of the molecule is CC(=O)O[C@@H]1CC2CC(=O)C1(C)C2(C)C. The van der Waals surface area contributed by atoms with Crippen LogP contribution in [0.5, 0.6) is 0 Å². The zero-order valence-corrected chi connectivity index (χ0v) is 9.79. The van der Waals surface area contributed by atoms with Gasteiger partial charge >= 0.3 is 5.97 Å². The number of Topliss-reactive ketones (excluding diaryl/α,β-unsaturated/α-hetero) is 1. The summed E-state index contributed by atoms with van der Waals surface area (Å²) in [5.41, 5.74) is -0.506. The third-order valence-corrected chi connectivity index (χ3v) is 4.82. The molecule has 0 aromatic heterocycles. The highest BCUT2D eigenvalue weighted by Gasteiger charge is 2.67. The van der Waals surface area contributed by atoms with Crippen molar-refractivity contribution in [2.45, 2.75) is 46.6 Å². The van der Waals surface area contributed by atoms with Crippen molar-refractivity contribution in [2.24, 2.45) is 16.7 Å². The minimum atomic E-state index is -0.469. The number of carbonyl (C=O) groups is 2. The monoisotopic (exact) mass is 210 g/mol. The molecular formula is C12H18O3. The normalized spacial score (nSPS) is 42.0. The van der Waals surface area contributed by atoms with Crippen molar-refractivity contribution in [3.8, 4) is 0 Å². The molecule has 0 aliphatic heterocycles. The van der Waals surface area contributed by atoms with E-state index in [1.54, 1.807) is 0 Å². The molecule has 0 aromatic rings. The van der Waals surface area contributed by atoms with Gasteiger partial charge in [-0.1, -0.05) is 13.8 Å². The van der Waals surface area contributed by atoms with E-state index in [0.29, 0.717) is 12.3 Å². The molecule has 15 heavy (non-hydrogen) atoms. The Labute approximate surface area is 90.2 Å². The van der Waals surface area contributed by atoms with Crippen LogP contribution in [0.1, 0.15) is 40.5 Å². The highest BCUT2D eigenvalue weighted by atomic mass is 16.5. The molecular weight excluding hydrogens is 192 g/mol. The number of ketones is 1. The Balaban J connectivity index is 2.34. The molecule has 0 aromatic carbocycles. The second kappa shape index (κ2) is 2.83. The van der Waals surface area contributed by atoms with Crippen molar-refractivity contribution >= 4 is 11.8 Å². The Morgan fingerprint density at radius 1 is 1.40 bits per heavy atom. The Morgan fingerprint density at radius 2 is 2.00 bits per heavy atom. The third-order valence-electron chi connectivity index (χ3n) is 4.82. The van der Waals surface area contributed by atoms with Gasteiger partial charge in [0.05, 0.1) is 5.41 Å². The average Bonchev–Trinajstić information content (AvgIpc) is 2.35. The number of hydrogen-bond donors (Lipinski definition) is 0. The molecule has 0 radical (unpaired) electrons. The number of esters is 1. The third kappa shape index (κ3) is 1.12. The van der Waals surface area contributed by atoms with Crippen molar-refractivity contribution in [1.82, 2.24) is 0 Å². The van der Waals surface area contributed by atoms with Crippen LogP contribution in [-0.4, -0.2) is 17.9 Å². The van der Waals surface area contributed by atoms with E-state index in [2.05, 4.69) is 13.8 Å². The summed E-state index contributed by atoms with van der Waals surface area (Å²) in [6.07, 6.45) is 1.28.